The van der Waals surface area contributed by atoms with Crippen molar-refractivity contribution in [2.24, 2.45) is 5.73 Å². The van der Waals surface area contributed by atoms with Gasteiger partial charge in [0.25, 0.3) is 0 Å². The van der Waals surface area contributed by atoms with Crippen LogP contribution in [0.4, 0.5) is 17.6 Å². The van der Waals surface area contributed by atoms with Gasteiger partial charge in [0.2, 0.25) is 0 Å². The second kappa shape index (κ2) is 4.68. The standard InChI is InChI=1S/C9H7F4NO3/c10-3-1-2(4(11)6(13)5(3)12)8(15)7(14)9(16)17/h1,7-8,15H,14H2,(H,16,17)/t7-,8+/m1/s1. The fraction of sp³-hybridized carbons (Fsp3) is 0.222. The van der Waals surface area contributed by atoms with Crippen molar-refractivity contribution >= 4 is 5.97 Å². The maximum atomic E-state index is 13.1. The van der Waals surface area contributed by atoms with Gasteiger partial charge in [-0.05, 0) is 6.07 Å². The lowest BCUT2D eigenvalue weighted by Crippen LogP contribution is -2.37. The average Bonchev–Trinajstić information content (AvgIpc) is 2.29. The zero-order valence-electron chi connectivity index (χ0n) is 8.12. The van der Waals surface area contributed by atoms with Crippen LogP contribution in [0, 0.1) is 23.3 Å². The first-order valence-corrected chi connectivity index (χ1v) is 4.26. The van der Waals surface area contributed by atoms with Gasteiger partial charge in [-0.1, -0.05) is 0 Å². The summed E-state index contributed by atoms with van der Waals surface area (Å²) in [6.07, 6.45) is -2.20. The zero-order chi connectivity index (χ0) is 13.3. The number of aliphatic hydroxyl groups excluding tert-OH is 1. The maximum absolute atomic E-state index is 13.1. The van der Waals surface area contributed by atoms with Gasteiger partial charge in [-0.2, -0.15) is 0 Å². The molecule has 94 valence electrons. The number of carbonyl (C=O) groups is 1. The molecule has 4 N–H and O–H groups in total. The monoisotopic (exact) mass is 253 g/mol. The van der Waals surface area contributed by atoms with E-state index >= 15 is 0 Å². The van der Waals surface area contributed by atoms with E-state index in [1.54, 1.807) is 0 Å². The van der Waals surface area contributed by atoms with Crippen LogP contribution in [0.5, 0.6) is 0 Å². The van der Waals surface area contributed by atoms with Crippen molar-refractivity contribution in [3.8, 4) is 0 Å². The molecule has 0 spiro atoms. The summed E-state index contributed by atoms with van der Waals surface area (Å²) in [5.41, 5.74) is 3.89. The third-order valence-corrected chi connectivity index (χ3v) is 2.07. The van der Waals surface area contributed by atoms with Crippen LogP contribution in [-0.2, 0) is 4.79 Å². The number of carboxylic acids is 1. The molecule has 8 heteroatoms. The van der Waals surface area contributed by atoms with Crippen molar-refractivity contribution in [2.45, 2.75) is 12.1 Å². The van der Waals surface area contributed by atoms with Crippen LogP contribution in [0.15, 0.2) is 6.07 Å². The lowest BCUT2D eigenvalue weighted by atomic mass is 10.0. The Hall–Kier alpha value is -1.67. The third-order valence-electron chi connectivity index (χ3n) is 2.07. The Kier molecular flexibility index (Phi) is 3.69. The molecule has 1 aromatic rings. The number of halogens is 4. The molecule has 1 rings (SSSR count). The number of aliphatic carboxylic acids is 1. The summed E-state index contributed by atoms with van der Waals surface area (Å²) in [5, 5.41) is 17.7. The topological polar surface area (TPSA) is 83.6 Å². The number of aliphatic hydroxyl groups is 1. The van der Waals surface area contributed by atoms with Gasteiger partial charge in [0.15, 0.2) is 23.3 Å². The molecule has 4 nitrogen and oxygen atoms in total. The van der Waals surface area contributed by atoms with Crippen LogP contribution in [-0.4, -0.2) is 22.2 Å². The van der Waals surface area contributed by atoms with E-state index < -0.39 is 46.9 Å². The molecule has 1 aromatic carbocycles. The van der Waals surface area contributed by atoms with E-state index in [4.69, 9.17) is 10.8 Å². The second-order valence-corrected chi connectivity index (χ2v) is 3.20. The van der Waals surface area contributed by atoms with Gasteiger partial charge < -0.3 is 15.9 Å². The minimum Gasteiger partial charge on any atom is -0.480 e. The van der Waals surface area contributed by atoms with Crippen molar-refractivity contribution in [3.63, 3.8) is 0 Å². The van der Waals surface area contributed by atoms with Gasteiger partial charge in [-0.3, -0.25) is 4.79 Å². The molecule has 0 aromatic heterocycles. The van der Waals surface area contributed by atoms with Crippen LogP contribution in [0.2, 0.25) is 0 Å². The van der Waals surface area contributed by atoms with E-state index in [9.17, 15) is 27.5 Å². The first-order valence-electron chi connectivity index (χ1n) is 4.26. The minimum absolute atomic E-state index is 0.154. The van der Waals surface area contributed by atoms with E-state index in [1.807, 2.05) is 0 Å². The number of rotatable bonds is 3. The fourth-order valence-electron chi connectivity index (χ4n) is 1.13. The Morgan fingerprint density at radius 2 is 1.71 bits per heavy atom. The number of hydrogen-bond donors (Lipinski definition) is 3. The lowest BCUT2D eigenvalue weighted by Gasteiger charge is -2.16. The Balaban J connectivity index is 3.28. The summed E-state index contributed by atoms with van der Waals surface area (Å²) in [7, 11) is 0. The largest absolute Gasteiger partial charge is 0.480 e. The average molecular weight is 253 g/mol. The SMILES string of the molecule is N[C@@H](C(=O)O)[C@@H](O)c1cc(F)c(F)c(F)c1F. The van der Waals surface area contributed by atoms with Gasteiger partial charge in [-0.15, -0.1) is 0 Å². The third kappa shape index (κ3) is 2.37. The first-order chi connectivity index (χ1) is 7.77. The summed E-state index contributed by atoms with van der Waals surface area (Å²) in [6.45, 7) is 0. The minimum atomic E-state index is -2.20. The van der Waals surface area contributed by atoms with Crippen molar-refractivity contribution < 1.29 is 32.6 Å². The second-order valence-electron chi connectivity index (χ2n) is 3.20. The van der Waals surface area contributed by atoms with Crippen molar-refractivity contribution in [1.82, 2.24) is 0 Å². The quantitative estimate of drug-likeness (QED) is 0.420. The molecule has 0 unspecified atom stereocenters. The van der Waals surface area contributed by atoms with Crippen LogP contribution in [0.3, 0.4) is 0 Å². The predicted molar refractivity (Wildman–Crippen MR) is 46.8 cm³/mol. The smallest absolute Gasteiger partial charge is 0.323 e. The number of benzene rings is 1. The molecule has 2 atom stereocenters. The van der Waals surface area contributed by atoms with Crippen molar-refractivity contribution in [3.05, 3.63) is 34.9 Å². The van der Waals surface area contributed by atoms with E-state index in [-0.39, 0.29) is 6.07 Å². The fourth-order valence-corrected chi connectivity index (χ4v) is 1.13. The summed E-state index contributed by atoms with van der Waals surface area (Å²) < 4.78 is 51.3. The number of nitrogens with two attached hydrogens (primary N) is 1. The van der Waals surface area contributed by atoms with Crippen molar-refractivity contribution in [2.75, 3.05) is 0 Å². The van der Waals surface area contributed by atoms with Gasteiger partial charge in [0.1, 0.15) is 12.1 Å². The van der Waals surface area contributed by atoms with E-state index in [2.05, 4.69) is 0 Å². The molecule has 0 aliphatic rings. The number of carboxylic acid groups (broad SMARTS) is 1. The van der Waals surface area contributed by atoms with Crippen molar-refractivity contribution in [1.29, 1.82) is 0 Å². The van der Waals surface area contributed by atoms with E-state index in [1.165, 1.54) is 0 Å². The Morgan fingerprint density at radius 3 is 2.18 bits per heavy atom. The molecule has 0 aliphatic carbocycles. The van der Waals surface area contributed by atoms with Gasteiger partial charge in [0, 0.05) is 5.56 Å². The normalized spacial score (nSPS) is 14.5. The van der Waals surface area contributed by atoms with E-state index in [0.717, 1.165) is 0 Å². The molecule has 0 saturated carbocycles. The molecule has 0 fully saturated rings. The van der Waals surface area contributed by atoms with Gasteiger partial charge in [0.05, 0.1) is 0 Å². The molecule has 0 radical (unpaired) electrons. The molecule has 0 saturated heterocycles. The summed E-state index contributed by atoms with van der Waals surface area (Å²) in [4.78, 5) is 10.4. The Morgan fingerprint density at radius 1 is 1.18 bits per heavy atom. The summed E-state index contributed by atoms with van der Waals surface area (Å²) in [6, 6.07) is -1.84. The van der Waals surface area contributed by atoms with Crippen LogP contribution in [0.25, 0.3) is 0 Å². The van der Waals surface area contributed by atoms with Gasteiger partial charge >= 0.3 is 5.97 Å². The Labute approximate surface area is 92.3 Å². The predicted octanol–water partition coefficient (Wildman–Crippen LogP) is 0.688. The highest BCUT2D eigenvalue weighted by molar-refractivity contribution is 5.74. The van der Waals surface area contributed by atoms with Crippen LogP contribution in [0.1, 0.15) is 11.7 Å². The molecule has 0 amide bonds. The molecule has 0 aliphatic heterocycles. The highest BCUT2D eigenvalue weighted by atomic mass is 19.2. The van der Waals surface area contributed by atoms with Crippen LogP contribution < -0.4 is 5.73 Å². The molecular weight excluding hydrogens is 246 g/mol. The lowest BCUT2D eigenvalue weighted by molar-refractivity contribution is -0.141. The Bertz CT molecular complexity index is 466. The van der Waals surface area contributed by atoms with E-state index in [0.29, 0.717) is 0 Å². The zero-order valence-corrected chi connectivity index (χ0v) is 8.12. The summed E-state index contributed by atoms with van der Waals surface area (Å²) >= 11 is 0. The summed E-state index contributed by atoms with van der Waals surface area (Å²) in [5.74, 6) is -9.54. The highest BCUT2D eigenvalue weighted by Crippen LogP contribution is 2.25. The van der Waals surface area contributed by atoms with Gasteiger partial charge in [-0.25, -0.2) is 17.6 Å². The molecule has 0 bridgehead atoms. The highest BCUT2D eigenvalue weighted by Gasteiger charge is 2.30. The molecule has 17 heavy (non-hydrogen) atoms. The molecule has 0 heterocycles. The first kappa shape index (κ1) is 13.4. The molecular formula is C9H7F4NO3. The number of hydrogen-bond acceptors (Lipinski definition) is 3. The maximum Gasteiger partial charge on any atom is 0.323 e. The van der Waals surface area contributed by atoms with Crippen LogP contribution >= 0.6 is 0 Å².